The van der Waals surface area contributed by atoms with Crippen molar-refractivity contribution >= 4 is 16.5 Å². The van der Waals surface area contributed by atoms with Gasteiger partial charge in [0, 0.05) is 19.0 Å². The largest absolute Gasteiger partial charge is 0.387 e. The van der Waals surface area contributed by atoms with Crippen molar-refractivity contribution < 1.29 is 5.11 Å². The summed E-state index contributed by atoms with van der Waals surface area (Å²) in [5.74, 6) is 0. The predicted octanol–water partition coefficient (Wildman–Crippen LogP) is 2.88. The first-order valence-electron chi connectivity index (χ1n) is 6.05. The van der Waals surface area contributed by atoms with E-state index in [2.05, 4.69) is 34.1 Å². The molecule has 3 nitrogen and oxygen atoms in total. The Morgan fingerprint density at radius 1 is 1.33 bits per heavy atom. The van der Waals surface area contributed by atoms with Crippen molar-refractivity contribution in [2.24, 2.45) is 0 Å². The van der Waals surface area contributed by atoms with Crippen LogP contribution in [0.3, 0.4) is 0 Å². The predicted molar refractivity (Wildman–Crippen MR) is 76.2 cm³/mol. The highest BCUT2D eigenvalue weighted by Gasteiger charge is 2.10. The molecule has 0 amide bonds. The third-order valence-electron chi connectivity index (χ3n) is 2.84. The molecule has 1 atom stereocenters. The first-order chi connectivity index (χ1) is 8.66. The fourth-order valence-corrected chi connectivity index (χ4v) is 2.59. The minimum absolute atomic E-state index is 0.488. The first kappa shape index (κ1) is 13.1. The molecular formula is C14H18N2OS. The summed E-state index contributed by atoms with van der Waals surface area (Å²) in [6.45, 7) is 2.67. The molecule has 1 unspecified atom stereocenters. The average molecular weight is 262 g/mol. The van der Waals surface area contributed by atoms with Crippen molar-refractivity contribution in [3.63, 3.8) is 0 Å². The van der Waals surface area contributed by atoms with E-state index in [1.165, 1.54) is 5.56 Å². The fraction of sp³-hybridized carbons (Fsp3) is 0.357. The molecule has 2 rings (SSSR count). The van der Waals surface area contributed by atoms with E-state index in [9.17, 15) is 5.11 Å². The van der Waals surface area contributed by atoms with Crippen molar-refractivity contribution in [2.45, 2.75) is 19.4 Å². The number of aliphatic hydroxyl groups excluding tert-OH is 1. The Kier molecular flexibility index (Phi) is 4.33. The van der Waals surface area contributed by atoms with Gasteiger partial charge in [-0.25, -0.2) is 4.98 Å². The summed E-state index contributed by atoms with van der Waals surface area (Å²) in [5.41, 5.74) is 2.08. The highest BCUT2D eigenvalue weighted by molar-refractivity contribution is 7.13. The van der Waals surface area contributed by atoms with Gasteiger partial charge in [0.05, 0.1) is 11.8 Å². The van der Waals surface area contributed by atoms with E-state index < -0.39 is 6.10 Å². The van der Waals surface area contributed by atoms with Gasteiger partial charge >= 0.3 is 0 Å². The quantitative estimate of drug-likeness (QED) is 0.900. The van der Waals surface area contributed by atoms with Crippen LogP contribution in [0.4, 0.5) is 5.13 Å². The molecule has 0 aliphatic rings. The lowest BCUT2D eigenvalue weighted by Gasteiger charge is -2.15. The summed E-state index contributed by atoms with van der Waals surface area (Å²) in [5, 5.41) is 12.3. The number of aromatic nitrogens is 1. The van der Waals surface area contributed by atoms with E-state index in [0.29, 0.717) is 0 Å². The third kappa shape index (κ3) is 3.31. The van der Waals surface area contributed by atoms with Gasteiger partial charge in [-0.3, -0.25) is 0 Å². The number of hydrogen-bond acceptors (Lipinski definition) is 4. The zero-order valence-corrected chi connectivity index (χ0v) is 11.5. The summed E-state index contributed by atoms with van der Waals surface area (Å²) in [7, 11) is 2.04. The molecule has 2 aromatic rings. The van der Waals surface area contributed by atoms with Crippen LogP contribution in [-0.2, 0) is 6.42 Å². The van der Waals surface area contributed by atoms with Gasteiger partial charge < -0.3 is 10.0 Å². The van der Waals surface area contributed by atoms with Crippen molar-refractivity contribution in [2.75, 3.05) is 18.5 Å². The van der Waals surface area contributed by atoms with E-state index in [0.717, 1.165) is 23.8 Å². The lowest BCUT2D eigenvalue weighted by molar-refractivity contribution is 0.195. The normalized spacial score (nSPS) is 12.4. The highest BCUT2D eigenvalue weighted by Crippen LogP contribution is 2.23. The van der Waals surface area contributed by atoms with Crippen LogP contribution in [0.1, 0.15) is 24.3 Å². The lowest BCUT2D eigenvalue weighted by atomic mass is 10.1. The van der Waals surface area contributed by atoms with Crippen LogP contribution in [0.15, 0.2) is 35.7 Å². The number of likely N-dealkylation sites (N-methyl/N-ethyl adjacent to an activating group) is 1. The number of hydrogen-bond donors (Lipinski definition) is 1. The van der Waals surface area contributed by atoms with E-state index >= 15 is 0 Å². The minimum atomic E-state index is -0.488. The van der Waals surface area contributed by atoms with Crippen LogP contribution in [-0.4, -0.2) is 23.7 Å². The van der Waals surface area contributed by atoms with Crippen LogP contribution in [0.2, 0.25) is 0 Å². The van der Waals surface area contributed by atoms with Crippen LogP contribution >= 0.6 is 11.3 Å². The summed E-state index contributed by atoms with van der Waals surface area (Å²) >= 11 is 1.58. The zero-order chi connectivity index (χ0) is 13.0. The van der Waals surface area contributed by atoms with Gasteiger partial charge in [0.2, 0.25) is 0 Å². The maximum absolute atomic E-state index is 9.45. The van der Waals surface area contributed by atoms with Gasteiger partial charge in [-0.15, -0.1) is 11.3 Å². The molecule has 1 N–H and O–H groups in total. The van der Waals surface area contributed by atoms with E-state index in [1.807, 2.05) is 18.5 Å². The number of benzene rings is 1. The molecule has 0 saturated carbocycles. The molecule has 96 valence electrons. The fourth-order valence-electron chi connectivity index (χ4n) is 1.68. The molecule has 0 radical (unpaired) electrons. The van der Waals surface area contributed by atoms with Crippen LogP contribution in [0.25, 0.3) is 0 Å². The van der Waals surface area contributed by atoms with Gasteiger partial charge in [0.25, 0.3) is 0 Å². The second-order valence-corrected chi connectivity index (χ2v) is 5.22. The van der Waals surface area contributed by atoms with Crippen molar-refractivity contribution in [3.05, 3.63) is 47.0 Å². The standard InChI is InChI=1S/C14H18N2OS/c1-11(17)13-10-18-14(15-13)16(2)9-8-12-6-4-3-5-7-12/h3-7,10-11,17H,8-9H2,1-2H3. The number of anilines is 1. The van der Waals surface area contributed by atoms with Gasteiger partial charge in [0.15, 0.2) is 5.13 Å². The second kappa shape index (κ2) is 5.98. The van der Waals surface area contributed by atoms with E-state index in [-0.39, 0.29) is 0 Å². The number of rotatable bonds is 5. The minimum Gasteiger partial charge on any atom is -0.387 e. The number of aliphatic hydroxyl groups is 1. The molecule has 4 heteroatoms. The average Bonchev–Trinajstić information content (AvgIpc) is 2.87. The molecule has 0 spiro atoms. The Morgan fingerprint density at radius 2 is 2.06 bits per heavy atom. The molecule has 0 saturated heterocycles. The zero-order valence-electron chi connectivity index (χ0n) is 10.7. The molecule has 1 aromatic carbocycles. The van der Waals surface area contributed by atoms with Gasteiger partial charge in [-0.05, 0) is 18.9 Å². The summed E-state index contributed by atoms with van der Waals surface area (Å²) < 4.78 is 0. The van der Waals surface area contributed by atoms with Crippen molar-refractivity contribution in [1.29, 1.82) is 0 Å². The van der Waals surface area contributed by atoms with Crippen LogP contribution in [0, 0.1) is 0 Å². The third-order valence-corrected chi connectivity index (χ3v) is 3.82. The van der Waals surface area contributed by atoms with E-state index in [4.69, 9.17) is 0 Å². The van der Waals surface area contributed by atoms with Gasteiger partial charge in [0.1, 0.15) is 0 Å². The van der Waals surface area contributed by atoms with E-state index in [1.54, 1.807) is 18.3 Å². The summed E-state index contributed by atoms with van der Waals surface area (Å²) in [6.07, 6.45) is 0.513. The first-order valence-corrected chi connectivity index (χ1v) is 6.93. The molecule has 0 aliphatic carbocycles. The number of thiazole rings is 1. The maximum Gasteiger partial charge on any atom is 0.185 e. The Labute approximate surface area is 112 Å². The van der Waals surface area contributed by atoms with Gasteiger partial charge in [-0.1, -0.05) is 30.3 Å². The van der Waals surface area contributed by atoms with Crippen molar-refractivity contribution in [1.82, 2.24) is 4.98 Å². The topological polar surface area (TPSA) is 36.4 Å². The SMILES string of the molecule is CC(O)c1csc(N(C)CCc2ccccc2)n1. The molecule has 18 heavy (non-hydrogen) atoms. The Bertz CT molecular complexity index is 482. The van der Waals surface area contributed by atoms with Crippen molar-refractivity contribution in [3.8, 4) is 0 Å². The summed E-state index contributed by atoms with van der Waals surface area (Å²) in [6, 6.07) is 10.4. The molecule has 0 bridgehead atoms. The second-order valence-electron chi connectivity index (χ2n) is 4.39. The Balaban J connectivity index is 1.93. The van der Waals surface area contributed by atoms with Crippen LogP contribution < -0.4 is 4.90 Å². The Hall–Kier alpha value is -1.39. The lowest BCUT2D eigenvalue weighted by Crippen LogP contribution is -2.20. The molecule has 1 aromatic heterocycles. The molecule has 0 aliphatic heterocycles. The smallest absolute Gasteiger partial charge is 0.185 e. The van der Waals surface area contributed by atoms with Crippen LogP contribution in [0.5, 0.6) is 0 Å². The highest BCUT2D eigenvalue weighted by atomic mass is 32.1. The number of nitrogens with zero attached hydrogens (tertiary/aromatic N) is 2. The molecular weight excluding hydrogens is 244 g/mol. The Morgan fingerprint density at radius 3 is 2.67 bits per heavy atom. The monoisotopic (exact) mass is 262 g/mol. The summed E-state index contributed by atoms with van der Waals surface area (Å²) in [4.78, 5) is 6.54. The molecule has 1 heterocycles. The maximum atomic E-state index is 9.45. The molecule has 0 fully saturated rings. The van der Waals surface area contributed by atoms with Gasteiger partial charge in [-0.2, -0.15) is 0 Å².